The topological polar surface area (TPSA) is 124 Å². The molecule has 1 heterocycles. The van der Waals surface area contributed by atoms with E-state index in [1.54, 1.807) is 61.5 Å². The smallest absolute Gasteiger partial charge is 0.259 e. The van der Waals surface area contributed by atoms with Crippen LogP contribution >= 0.6 is 11.6 Å². The van der Waals surface area contributed by atoms with Crippen molar-refractivity contribution in [2.75, 3.05) is 31.3 Å². The van der Waals surface area contributed by atoms with Gasteiger partial charge in [0, 0.05) is 31.4 Å². The number of nitrogens with one attached hydrogen (secondary N) is 3. The molecule has 9 nitrogen and oxygen atoms in total. The van der Waals surface area contributed by atoms with Crippen LogP contribution in [0.25, 0.3) is 0 Å². The van der Waals surface area contributed by atoms with Gasteiger partial charge in [-0.1, -0.05) is 23.7 Å². The molecule has 1 aromatic heterocycles. The molecule has 0 radical (unpaired) electrons. The Hall–Kier alpha value is -4.24. The normalized spacial score (nSPS) is 10.3. The molecular weight excluding hydrogens is 470 g/mol. The van der Waals surface area contributed by atoms with Gasteiger partial charge in [-0.25, -0.2) is 4.98 Å². The van der Waals surface area contributed by atoms with Gasteiger partial charge < -0.3 is 20.3 Å². The fourth-order valence-electron chi connectivity index (χ4n) is 2.96. The number of ketones is 1. The average molecular weight is 494 g/mol. The molecule has 10 heteroatoms. The predicted octanol–water partition coefficient (Wildman–Crippen LogP) is 4.09. The molecule has 0 aliphatic carbocycles. The SMILES string of the molecule is CC(=O)COc1ccc(NC(=O)c2ccc(C(=N)N(C)C)cc2)c(C(=O)Nc2ccc(Cl)cn2)c1. The van der Waals surface area contributed by atoms with Crippen molar-refractivity contribution in [2.24, 2.45) is 0 Å². The summed E-state index contributed by atoms with van der Waals surface area (Å²) in [5, 5.41) is 13.8. The fourth-order valence-corrected chi connectivity index (χ4v) is 3.07. The number of carbonyl (C=O) groups is 3. The van der Waals surface area contributed by atoms with E-state index in [2.05, 4.69) is 15.6 Å². The molecular formula is C25H24ClN5O4. The molecule has 0 spiro atoms. The highest BCUT2D eigenvalue weighted by Crippen LogP contribution is 2.24. The van der Waals surface area contributed by atoms with Crippen molar-refractivity contribution >= 4 is 46.5 Å². The highest BCUT2D eigenvalue weighted by Gasteiger charge is 2.17. The number of halogens is 1. The summed E-state index contributed by atoms with van der Waals surface area (Å²) in [7, 11) is 3.53. The first kappa shape index (κ1) is 25.4. The number of anilines is 2. The van der Waals surface area contributed by atoms with E-state index in [0.29, 0.717) is 27.7 Å². The van der Waals surface area contributed by atoms with Crippen molar-refractivity contribution in [1.82, 2.24) is 9.88 Å². The van der Waals surface area contributed by atoms with Gasteiger partial charge in [-0.3, -0.25) is 19.8 Å². The highest BCUT2D eigenvalue weighted by molar-refractivity contribution is 6.30. The van der Waals surface area contributed by atoms with Crippen molar-refractivity contribution < 1.29 is 19.1 Å². The molecule has 0 aliphatic rings. The van der Waals surface area contributed by atoms with Gasteiger partial charge in [0.15, 0.2) is 5.78 Å². The van der Waals surface area contributed by atoms with Crippen LogP contribution in [0.2, 0.25) is 5.02 Å². The van der Waals surface area contributed by atoms with E-state index < -0.39 is 11.8 Å². The lowest BCUT2D eigenvalue weighted by atomic mass is 10.1. The standard InChI is InChI=1S/C25H24ClN5O4/c1-15(32)14-35-19-9-10-21(20(12-19)25(34)30-22-11-8-18(26)13-28-22)29-24(33)17-6-4-16(5-7-17)23(27)31(2)3/h4-13,27H,14H2,1-3H3,(H,29,33)(H,28,30,34). The number of amides is 2. The molecule has 0 fully saturated rings. The third kappa shape index (κ3) is 6.87. The summed E-state index contributed by atoms with van der Waals surface area (Å²) < 4.78 is 5.42. The molecule has 0 atom stereocenters. The number of amidine groups is 1. The van der Waals surface area contributed by atoms with Gasteiger partial charge in [-0.15, -0.1) is 0 Å². The first-order valence-corrected chi connectivity index (χ1v) is 10.9. The van der Waals surface area contributed by atoms with E-state index in [1.807, 2.05) is 0 Å². The molecule has 0 aliphatic heterocycles. The average Bonchev–Trinajstić information content (AvgIpc) is 2.84. The highest BCUT2D eigenvalue weighted by atomic mass is 35.5. The summed E-state index contributed by atoms with van der Waals surface area (Å²) in [6.45, 7) is 1.24. The van der Waals surface area contributed by atoms with Crippen LogP contribution in [0, 0.1) is 5.41 Å². The number of Topliss-reactive ketones (excluding diaryl/α,β-unsaturated/α-hetero) is 1. The van der Waals surface area contributed by atoms with E-state index in [4.69, 9.17) is 21.7 Å². The number of benzene rings is 2. The Morgan fingerprint density at radius 1 is 0.971 bits per heavy atom. The Morgan fingerprint density at radius 2 is 1.66 bits per heavy atom. The largest absolute Gasteiger partial charge is 0.486 e. The van der Waals surface area contributed by atoms with Crippen molar-refractivity contribution in [3.63, 3.8) is 0 Å². The predicted molar refractivity (Wildman–Crippen MR) is 135 cm³/mol. The molecule has 3 N–H and O–H groups in total. The Bertz CT molecular complexity index is 1260. The van der Waals surface area contributed by atoms with Gasteiger partial charge in [-0.2, -0.15) is 0 Å². The Morgan fingerprint density at radius 3 is 2.26 bits per heavy atom. The van der Waals surface area contributed by atoms with E-state index in [0.717, 1.165) is 0 Å². The summed E-state index contributed by atoms with van der Waals surface area (Å²) in [4.78, 5) is 42.9. The van der Waals surface area contributed by atoms with Crippen molar-refractivity contribution in [3.05, 3.63) is 82.5 Å². The number of pyridine rings is 1. The maximum Gasteiger partial charge on any atom is 0.259 e. The van der Waals surface area contributed by atoms with Crippen LogP contribution in [0.1, 0.15) is 33.2 Å². The van der Waals surface area contributed by atoms with Crippen LogP contribution in [0.15, 0.2) is 60.8 Å². The quantitative estimate of drug-likeness (QED) is 0.320. The summed E-state index contributed by atoms with van der Waals surface area (Å²) in [5.74, 6) is -0.288. The van der Waals surface area contributed by atoms with Crippen molar-refractivity contribution in [3.8, 4) is 5.75 Å². The number of rotatable bonds is 8. The van der Waals surface area contributed by atoms with Gasteiger partial charge in [-0.05, 0) is 49.4 Å². The number of nitrogens with zero attached hydrogens (tertiary/aromatic N) is 2. The number of aromatic nitrogens is 1. The van der Waals surface area contributed by atoms with Crippen LogP contribution in [-0.4, -0.2) is 54.0 Å². The van der Waals surface area contributed by atoms with E-state index >= 15 is 0 Å². The molecule has 2 amide bonds. The minimum Gasteiger partial charge on any atom is -0.486 e. The summed E-state index contributed by atoms with van der Waals surface area (Å²) in [5.41, 5.74) is 1.36. The summed E-state index contributed by atoms with van der Waals surface area (Å²) in [6, 6.07) is 14.2. The first-order chi connectivity index (χ1) is 16.6. The van der Waals surface area contributed by atoms with Crippen LogP contribution in [-0.2, 0) is 4.79 Å². The van der Waals surface area contributed by atoms with Gasteiger partial charge in [0.05, 0.1) is 16.3 Å². The first-order valence-electron chi connectivity index (χ1n) is 10.5. The zero-order chi connectivity index (χ0) is 25.5. The molecule has 0 saturated heterocycles. The van der Waals surface area contributed by atoms with Crippen molar-refractivity contribution in [2.45, 2.75) is 6.92 Å². The molecule has 0 unspecified atom stereocenters. The Kier molecular flexibility index (Phi) is 8.17. The molecule has 3 aromatic rings. The Labute approximate surface area is 207 Å². The number of hydrogen-bond donors (Lipinski definition) is 3. The van der Waals surface area contributed by atoms with E-state index in [1.165, 1.54) is 25.3 Å². The third-order valence-corrected chi connectivity index (χ3v) is 4.99. The summed E-state index contributed by atoms with van der Waals surface area (Å²) >= 11 is 5.85. The van der Waals surface area contributed by atoms with Gasteiger partial charge in [0.25, 0.3) is 11.8 Å². The second-order valence-electron chi connectivity index (χ2n) is 7.79. The van der Waals surface area contributed by atoms with Crippen LogP contribution in [0.3, 0.4) is 0 Å². The van der Waals surface area contributed by atoms with Crippen LogP contribution < -0.4 is 15.4 Å². The van der Waals surface area contributed by atoms with E-state index in [9.17, 15) is 14.4 Å². The molecule has 35 heavy (non-hydrogen) atoms. The van der Waals surface area contributed by atoms with Crippen LogP contribution in [0.5, 0.6) is 5.75 Å². The molecule has 0 bridgehead atoms. The zero-order valence-electron chi connectivity index (χ0n) is 19.4. The monoisotopic (exact) mass is 493 g/mol. The maximum absolute atomic E-state index is 13.0. The third-order valence-electron chi connectivity index (χ3n) is 4.76. The zero-order valence-corrected chi connectivity index (χ0v) is 20.1. The lowest BCUT2D eigenvalue weighted by molar-refractivity contribution is -0.118. The molecule has 180 valence electrons. The fraction of sp³-hybridized carbons (Fsp3) is 0.160. The molecule has 0 saturated carbocycles. The maximum atomic E-state index is 13.0. The summed E-state index contributed by atoms with van der Waals surface area (Å²) in [6.07, 6.45) is 1.39. The number of carbonyl (C=O) groups excluding carboxylic acids is 3. The van der Waals surface area contributed by atoms with Gasteiger partial charge in [0.2, 0.25) is 0 Å². The Balaban J connectivity index is 1.85. The van der Waals surface area contributed by atoms with Gasteiger partial charge in [0.1, 0.15) is 24.0 Å². The second kappa shape index (κ2) is 11.3. The van der Waals surface area contributed by atoms with Crippen molar-refractivity contribution in [1.29, 1.82) is 5.41 Å². The second-order valence-corrected chi connectivity index (χ2v) is 8.22. The van der Waals surface area contributed by atoms with Gasteiger partial charge >= 0.3 is 0 Å². The minimum absolute atomic E-state index is 0.113. The van der Waals surface area contributed by atoms with Crippen LogP contribution in [0.4, 0.5) is 11.5 Å². The number of ether oxygens (including phenoxy) is 1. The number of hydrogen-bond acceptors (Lipinski definition) is 6. The molecule has 3 rings (SSSR count). The minimum atomic E-state index is -0.543. The van der Waals surface area contributed by atoms with E-state index in [-0.39, 0.29) is 29.5 Å². The molecule has 2 aromatic carbocycles. The lowest BCUT2D eigenvalue weighted by Gasteiger charge is -2.15. The lowest BCUT2D eigenvalue weighted by Crippen LogP contribution is -2.22.